The second-order valence-electron chi connectivity index (χ2n) is 4.97. The number of nitrogens with zero attached hydrogens (tertiary/aromatic N) is 1. The van der Waals surface area contributed by atoms with Gasteiger partial charge in [-0.1, -0.05) is 43.1 Å². The summed E-state index contributed by atoms with van der Waals surface area (Å²) in [5, 5.41) is 1.19. The van der Waals surface area contributed by atoms with E-state index in [1.165, 1.54) is 44.2 Å². The van der Waals surface area contributed by atoms with Gasteiger partial charge in [0.25, 0.3) is 0 Å². The Balaban J connectivity index is 2.31. The molecule has 14 heavy (non-hydrogen) atoms. The van der Waals surface area contributed by atoms with Crippen molar-refractivity contribution in [2.45, 2.75) is 40.0 Å². The molecule has 0 aromatic carbocycles. The van der Waals surface area contributed by atoms with Crippen LogP contribution in [0.2, 0.25) is 0 Å². The van der Waals surface area contributed by atoms with Crippen molar-refractivity contribution >= 4 is 15.9 Å². The van der Waals surface area contributed by atoms with Crippen LogP contribution in [-0.4, -0.2) is 29.9 Å². The van der Waals surface area contributed by atoms with Crippen molar-refractivity contribution in [1.82, 2.24) is 4.90 Å². The third-order valence-corrected chi connectivity index (χ3v) is 4.70. The van der Waals surface area contributed by atoms with Crippen LogP contribution in [0.1, 0.15) is 40.0 Å². The van der Waals surface area contributed by atoms with E-state index >= 15 is 0 Å². The van der Waals surface area contributed by atoms with Gasteiger partial charge in [-0.2, -0.15) is 0 Å². The van der Waals surface area contributed by atoms with E-state index in [9.17, 15) is 0 Å². The molecule has 0 N–H and O–H groups in total. The lowest BCUT2D eigenvalue weighted by Gasteiger charge is -2.27. The van der Waals surface area contributed by atoms with Crippen LogP contribution >= 0.6 is 15.9 Å². The number of rotatable bonds is 7. The predicted molar refractivity (Wildman–Crippen MR) is 67.0 cm³/mol. The summed E-state index contributed by atoms with van der Waals surface area (Å²) in [5.41, 5.74) is 0.642. The summed E-state index contributed by atoms with van der Waals surface area (Å²) in [7, 11) is 0. The number of alkyl halides is 1. The molecule has 0 amide bonds. The van der Waals surface area contributed by atoms with E-state index in [1.54, 1.807) is 0 Å². The van der Waals surface area contributed by atoms with Gasteiger partial charge in [0.2, 0.25) is 0 Å². The monoisotopic (exact) mass is 261 g/mol. The van der Waals surface area contributed by atoms with Crippen LogP contribution in [0, 0.1) is 11.3 Å². The minimum absolute atomic E-state index is 0.642. The highest BCUT2D eigenvalue weighted by molar-refractivity contribution is 9.09. The van der Waals surface area contributed by atoms with Gasteiger partial charge in [0, 0.05) is 18.4 Å². The van der Waals surface area contributed by atoms with Gasteiger partial charge in [0.05, 0.1) is 0 Å². The van der Waals surface area contributed by atoms with Crippen molar-refractivity contribution in [2.75, 3.05) is 25.0 Å². The molecule has 1 atom stereocenters. The van der Waals surface area contributed by atoms with Crippen LogP contribution < -0.4 is 0 Å². The Kier molecular flexibility index (Phi) is 4.92. The van der Waals surface area contributed by atoms with E-state index in [-0.39, 0.29) is 0 Å². The summed E-state index contributed by atoms with van der Waals surface area (Å²) < 4.78 is 0. The molecule has 0 heterocycles. The molecule has 84 valence electrons. The third-order valence-electron chi connectivity index (χ3n) is 3.51. The van der Waals surface area contributed by atoms with Crippen LogP contribution in [0.5, 0.6) is 0 Å². The van der Waals surface area contributed by atoms with E-state index in [4.69, 9.17) is 0 Å². The molecule has 1 fully saturated rings. The van der Waals surface area contributed by atoms with Crippen molar-refractivity contribution in [3.63, 3.8) is 0 Å². The predicted octanol–water partition coefficient (Wildman–Crippen LogP) is 3.53. The maximum Gasteiger partial charge on any atom is 0.0100 e. The number of hydrogen-bond donors (Lipinski definition) is 0. The Hall–Kier alpha value is 0.440. The summed E-state index contributed by atoms with van der Waals surface area (Å²) in [6, 6.07) is 0. The second kappa shape index (κ2) is 5.50. The van der Waals surface area contributed by atoms with E-state index in [2.05, 4.69) is 41.6 Å². The molecule has 0 aliphatic heterocycles. The molecular formula is C12H24BrN. The van der Waals surface area contributed by atoms with Gasteiger partial charge in [0.15, 0.2) is 0 Å². The zero-order chi connectivity index (χ0) is 10.6. The first-order valence-electron chi connectivity index (χ1n) is 5.94. The Morgan fingerprint density at radius 2 is 2.00 bits per heavy atom. The van der Waals surface area contributed by atoms with Gasteiger partial charge in [-0.25, -0.2) is 0 Å². The summed E-state index contributed by atoms with van der Waals surface area (Å²) in [5.74, 6) is 0.848. The van der Waals surface area contributed by atoms with Crippen LogP contribution in [0.15, 0.2) is 0 Å². The molecule has 0 spiro atoms. The van der Waals surface area contributed by atoms with Gasteiger partial charge in [-0.3, -0.25) is 0 Å². The standard InChI is InChI=1S/C12H24BrN/c1-4-11(3)8-14(5-2)10-12(9-13)6-7-12/h11H,4-10H2,1-3H3. The molecule has 2 heteroatoms. The van der Waals surface area contributed by atoms with Crippen molar-refractivity contribution in [2.24, 2.45) is 11.3 Å². The average Bonchev–Trinajstić information content (AvgIpc) is 2.97. The fourth-order valence-electron chi connectivity index (χ4n) is 1.86. The molecule has 0 aromatic rings. The zero-order valence-electron chi connectivity index (χ0n) is 9.85. The first-order chi connectivity index (χ1) is 6.65. The van der Waals surface area contributed by atoms with Crippen LogP contribution in [0.25, 0.3) is 0 Å². The fraction of sp³-hybridized carbons (Fsp3) is 1.00. The fourth-order valence-corrected chi connectivity index (χ4v) is 2.60. The van der Waals surface area contributed by atoms with E-state index in [0.717, 1.165) is 5.92 Å². The lowest BCUT2D eigenvalue weighted by atomic mass is 10.1. The molecule has 1 aliphatic rings. The lowest BCUT2D eigenvalue weighted by molar-refractivity contribution is 0.210. The summed E-state index contributed by atoms with van der Waals surface area (Å²) in [6.07, 6.45) is 4.16. The summed E-state index contributed by atoms with van der Waals surface area (Å²) in [4.78, 5) is 2.63. The molecule has 1 aliphatic carbocycles. The third kappa shape index (κ3) is 3.54. The molecule has 1 saturated carbocycles. The van der Waals surface area contributed by atoms with E-state index < -0.39 is 0 Å². The molecule has 0 radical (unpaired) electrons. The number of hydrogen-bond acceptors (Lipinski definition) is 1. The highest BCUT2D eigenvalue weighted by atomic mass is 79.9. The first-order valence-corrected chi connectivity index (χ1v) is 7.06. The van der Waals surface area contributed by atoms with E-state index in [1.807, 2.05) is 0 Å². The lowest BCUT2D eigenvalue weighted by Crippen LogP contribution is -2.34. The molecule has 1 nitrogen and oxygen atoms in total. The summed E-state index contributed by atoms with van der Waals surface area (Å²) >= 11 is 3.65. The maximum atomic E-state index is 3.65. The SMILES string of the molecule is CCC(C)CN(CC)CC1(CBr)CC1. The second-order valence-corrected chi connectivity index (χ2v) is 5.54. The Labute approximate surface area is 97.4 Å². The zero-order valence-corrected chi connectivity index (χ0v) is 11.4. The molecule has 1 rings (SSSR count). The molecule has 1 unspecified atom stereocenters. The van der Waals surface area contributed by atoms with Gasteiger partial charge in [-0.05, 0) is 30.7 Å². The maximum absolute atomic E-state index is 3.65. The Bertz CT molecular complexity index is 166. The summed E-state index contributed by atoms with van der Waals surface area (Å²) in [6.45, 7) is 10.7. The van der Waals surface area contributed by atoms with Crippen LogP contribution in [0.4, 0.5) is 0 Å². The van der Waals surface area contributed by atoms with Crippen LogP contribution in [-0.2, 0) is 0 Å². The van der Waals surface area contributed by atoms with Crippen molar-refractivity contribution in [3.8, 4) is 0 Å². The molecule has 0 bridgehead atoms. The van der Waals surface area contributed by atoms with Gasteiger partial charge in [0.1, 0.15) is 0 Å². The van der Waals surface area contributed by atoms with Gasteiger partial charge < -0.3 is 4.90 Å². The molecule has 0 saturated heterocycles. The van der Waals surface area contributed by atoms with E-state index in [0.29, 0.717) is 5.41 Å². The number of halogens is 1. The largest absolute Gasteiger partial charge is 0.303 e. The highest BCUT2D eigenvalue weighted by Gasteiger charge is 2.42. The van der Waals surface area contributed by atoms with Crippen LogP contribution in [0.3, 0.4) is 0 Å². The minimum Gasteiger partial charge on any atom is -0.303 e. The minimum atomic E-state index is 0.642. The van der Waals surface area contributed by atoms with Gasteiger partial charge in [-0.15, -0.1) is 0 Å². The highest BCUT2D eigenvalue weighted by Crippen LogP contribution is 2.47. The van der Waals surface area contributed by atoms with Crippen molar-refractivity contribution in [1.29, 1.82) is 0 Å². The smallest absolute Gasteiger partial charge is 0.0100 e. The quantitative estimate of drug-likeness (QED) is 0.634. The first kappa shape index (κ1) is 12.5. The Morgan fingerprint density at radius 1 is 1.36 bits per heavy atom. The average molecular weight is 262 g/mol. The topological polar surface area (TPSA) is 3.24 Å². The van der Waals surface area contributed by atoms with Gasteiger partial charge >= 0.3 is 0 Å². The normalized spacial score (nSPS) is 21.2. The molecule has 0 aromatic heterocycles. The van der Waals surface area contributed by atoms with Crippen molar-refractivity contribution in [3.05, 3.63) is 0 Å². The molecular weight excluding hydrogens is 238 g/mol. The van der Waals surface area contributed by atoms with Crippen molar-refractivity contribution < 1.29 is 0 Å². The Morgan fingerprint density at radius 3 is 2.36 bits per heavy atom.